The third-order valence-corrected chi connectivity index (χ3v) is 1.46. The van der Waals surface area contributed by atoms with E-state index in [-0.39, 0.29) is 129 Å². The molecule has 0 aliphatic heterocycles. The van der Waals surface area contributed by atoms with E-state index in [9.17, 15) is 44.4 Å². The van der Waals surface area contributed by atoms with Gasteiger partial charge < -0.3 is 44.7 Å². The van der Waals surface area contributed by atoms with Gasteiger partial charge in [0, 0.05) is 30.3 Å². The summed E-state index contributed by atoms with van der Waals surface area (Å²) in [7, 11) is 0. The van der Waals surface area contributed by atoms with Gasteiger partial charge in [0.05, 0.1) is 0 Å². The summed E-state index contributed by atoms with van der Waals surface area (Å²) in [5.74, 6) is -4.73. The van der Waals surface area contributed by atoms with E-state index in [4.69, 9.17) is 5.11 Å². The minimum Gasteiger partial charge on any atom is -0.550 e. The van der Waals surface area contributed by atoms with Crippen molar-refractivity contribution in [2.24, 2.45) is 0 Å². The summed E-state index contributed by atoms with van der Waals surface area (Å²) in [6, 6.07) is 0. The van der Waals surface area contributed by atoms with E-state index in [0.29, 0.717) is 0 Å². The maximum absolute atomic E-state index is 9.37. The molecule has 0 rings (SSSR count). The first-order valence-corrected chi connectivity index (χ1v) is 7.36. The van der Waals surface area contributed by atoms with Crippen LogP contribution in [-0.2, 0) is 24.0 Å². The Morgan fingerprint density at radius 1 is 0.536 bits per heavy atom. The molecule has 0 aromatic carbocycles. The first-order valence-electron chi connectivity index (χ1n) is 7.36. The second-order valence-corrected chi connectivity index (χ2v) is 3.65. The monoisotopic (exact) mass is 452 g/mol. The van der Waals surface area contributed by atoms with Gasteiger partial charge in [-0.2, -0.15) is 0 Å². The first kappa shape index (κ1) is 51.3. The Balaban J connectivity index is -0.0000000290. The summed E-state index contributed by atoms with van der Waals surface area (Å²) < 4.78 is 0. The Bertz CT molecular complexity index is 299. The van der Waals surface area contributed by atoms with E-state index >= 15 is 0 Å². The molecule has 150 valence electrons. The summed E-state index contributed by atoms with van der Waals surface area (Å²) >= 11 is 0. The van der Waals surface area contributed by atoms with Crippen molar-refractivity contribution >= 4 is 67.6 Å². The molecule has 0 heterocycles. The predicted molar refractivity (Wildman–Crippen MR) is 84.9 cm³/mol. The SMILES string of the molecule is CCC(=O)O.CCC(=O)[O-].CCC(=O)[O-].CCC(=O)[O-].CCC(=O)[O-].[Ca+2].[Na+].[Na+]. The van der Waals surface area contributed by atoms with Crippen LogP contribution in [0.15, 0.2) is 0 Å². The fourth-order valence-corrected chi connectivity index (χ4v) is 0. The van der Waals surface area contributed by atoms with Crippen molar-refractivity contribution in [2.75, 3.05) is 0 Å². The molecule has 0 saturated carbocycles. The van der Waals surface area contributed by atoms with Gasteiger partial charge in [0.25, 0.3) is 0 Å². The Morgan fingerprint density at radius 3 is 0.607 bits per heavy atom. The van der Waals surface area contributed by atoms with Crippen LogP contribution < -0.4 is 79.5 Å². The average molecular weight is 452 g/mol. The van der Waals surface area contributed by atoms with Crippen LogP contribution in [0.5, 0.6) is 0 Å². The van der Waals surface area contributed by atoms with E-state index in [1.807, 2.05) is 0 Å². The van der Waals surface area contributed by atoms with Crippen LogP contribution in [0.1, 0.15) is 66.7 Å². The molecule has 10 nitrogen and oxygen atoms in total. The van der Waals surface area contributed by atoms with Crippen molar-refractivity contribution in [3.8, 4) is 0 Å². The molecule has 0 aliphatic carbocycles. The Hall–Kier alpha value is 0.610. The van der Waals surface area contributed by atoms with Gasteiger partial charge >= 0.3 is 103 Å². The van der Waals surface area contributed by atoms with Gasteiger partial charge in [-0.3, -0.25) is 4.79 Å². The molecular weight excluding hydrogens is 426 g/mol. The van der Waals surface area contributed by atoms with E-state index < -0.39 is 29.8 Å². The third kappa shape index (κ3) is 155. The Morgan fingerprint density at radius 2 is 0.607 bits per heavy atom. The number of aliphatic carboxylic acids is 5. The first-order chi connectivity index (χ1) is 11.4. The van der Waals surface area contributed by atoms with Gasteiger partial charge in [0.2, 0.25) is 0 Å². The molecular formula is C15H26CaNa2O10. The predicted octanol–water partition coefficient (Wildman–Crippen LogP) is -9.31. The zero-order valence-corrected chi connectivity index (χ0v) is 24.1. The summed E-state index contributed by atoms with van der Waals surface area (Å²) in [6.07, 6.45) is 0.667. The van der Waals surface area contributed by atoms with Crippen molar-refractivity contribution in [1.29, 1.82) is 0 Å². The second-order valence-electron chi connectivity index (χ2n) is 3.65. The fraction of sp³-hybridized carbons (Fsp3) is 0.667. The minimum absolute atomic E-state index is 0. The van der Waals surface area contributed by atoms with Crippen LogP contribution in [0.4, 0.5) is 0 Å². The van der Waals surface area contributed by atoms with Crippen LogP contribution in [0.25, 0.3) is 0 Å². The third-order valence-electron chi connectivity index (χ3n) is 1.46. The number of carboxylic acid groups (broad SMARTS) is 5. The van der Waals surface area contributed by atoms with Crippen LogP contribution in [0, 0.1) is 0 Å². The molecule has 13 heteroatoms. The Kier molecular flexibility index (Phi) is 84.4. The molecule has 0 spiro atoms. The van der Waals surface area contributed by atoms with Gasteiger partial charge in [-0.25, -0.2) is 0 Å². The van der Waals surface area contributed by atoms with Gasteiger partial charge in [-0.1, -0.05) is 34.6 Å². The molecule has 0 aliphatic rings. The van der Waals surface area contributed by atoms with Gasteiger partial charge in [0.1, 0.15) is 0 Å². The van der Waals surface area contributed by atoms with Gasteiger partial charge in [0.15, 0.2) is 0 Å². The van der Waals surface area contributed by atoms with Crippen molar-refractivity contribution in [3.05, 3.63) is 0 Å². The molecule has 0 aromatic rings. The van der Waals surface area contributed by atoms with Gasteiger partial charge in [-0.15, -0.1) is 0 Å². The molecule has 0 unspecified atom stereocenters. The maximum Gasteiger partial charge on any atom is 2.00 e. The van der Waals surface area contributed by atoms with Crippen LogP contribution in [0.3, 0.4) is 0 Å². The quantitative estimate of drug-likeness (QED) is 0.391. The molecule has 0 amide bonds. The number of carbonyl (C=O) groups excluding carboxylic acids is 4. The van der Waals surface area contributed by atoms with Gasteiger partial charge in [-0.05, 0) is 25.7 Å². The van der Waals surface area contributed by atoms with E-state index in [2.05, 4.69) is 0 Å². The molecule has 1 N–H and O–H groups in total. The summed E-state index contributed by atoms with van der Waals surface area (Å²) in [6.45, 7) is 7.75. The number of rotatable bonds is 5. The van der Waals surface area contributed by atoms with Crippen LogP contribution in [0.2, 0.25) is 0 Å². The fourth-order valence-electron chi connectivity index (χ4n) is 0. The maximum atomic E-state index is 9.37. The summed E-state index contributed by atoms with van der Waals surface area (Å²) in [5, 5.41) is 44.8. The smallest absolute Gasteiger partial charge is 0.550 e. The largest absolute Gasteiger partial charge is 2.00 e. The zero-order chi connectivity index (χ0) is 21.4. The van der Waals surface area contributed by atoms with Crippen molar-refractivity contribution in [2.45, 2.75) is 66.7 Å². The molecule has 0 atom stereocenters. The van der Waals surface area contributed by atoms with E-state index in [1.54, 1.807) is 6.92 Å². The standard InChI is InChI=1S/5C3H6O2.Ca.2Na/c5*1-2-3(4)5;;;/h5*2H2,1H3,(H,4,5);;;/q;;;;;+2;2*+1/p-4. The molecule has 0 radical (unpaired) electrons. The Labute approximate surface area is 240 Å². The second kappa shape index (κ2) is 46.0. The van der Waals surface area contributed by atoms with Crippen molar-refractivity contribution in [1.82, 2.24) is 0 Å². The average Bonchev–Trinajstić information content (AvgIpc) is 2.56. The number of carboxylic acids is 5. The molecule has 0 saturated heterocycles. The minimum atomic E-state index is -0.995. The van der Waals surface area contributed by atoms with Crippen molar-refractivity contribution in [3.63, 3.8) is 0 Å². The number of hydrogen-bond acceptors (Lipinski definition) is 9. The summed E-state index contributed by atoms with van der Waals surface area (Å²) in [5.41, 5.74) is 0. The normalized spacial score (nSPS) is 6.61. The summed E-state index contributed by atoms with van der Waals surface area (Å²) in [4.78, 5) is 46.4. The van der Waals surface area contributed by atoms with Crippen LogP contribution >= 0.6 is 0 Å². The number of hydrogen-bond donors (Lipinski definition) is 1. The topological polar surface area (TPSA) is 198 Å². The van der Waals surface area contributed by atoms with E-state index in [0.717, 1.165) is 0 Å². The van der Waals surface area contributed by atoms with E-state index in [1.165, 1.54) is 27.7 Å². The molecule has 0 fully saturated rings. The molecule has 28 heavy (non-hydrogen) atoms. The molecule has 0 aromatic heterocycles. The van der Waals surface area contributed by atoms with Crippen LogP contribution in [-0.4, -0.2) is 72.7 Å². The zero-order valence-electron chi connectivity index (χ0n) is 17.9. The van der Waals surface area contributed by atoms with Crippen molar-refractivity contribution < 1.29 is 109 Å². The molecule has 0 bridgehead atoms. The number of carbonyl (C=O) groups is 5.